The molecule has 0 fully saturated rings. The molecular weight excluding hydrogens is 365 g/mol. The predicted octanol–water partition coefficient (Wildman–Crippen LogP) is 3.25. The molecule has 25 heavy (non-hydrogen) atoms. The highest BCUT2D eigenvalue weighted by molar-refractivity contribution is 5.94. The summed E-state index contributed by atoms with van der Waals surface area (Å²) in [5.41, 5.74) is 8.43. The van der Waals surface area contributed by atoms with Crippen LogP contribution in [0.4, 0.5) is 5.69 Å². The third kappa shape index (κ3) is 6.51. The summed E-state index contributed by atoms with van der Waals surface area (Å²) in [6.07, 6.45) is 1.53. The van der Waals surface area contributed by atoms with E-state index < -0.39 is 6.04 Å². The van der Waals surface area contributed by atoms with Crippen LogP contribution in [0.3, 0.4) is 0 Å². The largest absolute Gasteiger partial charge is 0.439 e. The standard InChI is InChI=1S/C17H21N3O3.2ClH/c1-11-5-4-6-15(12(11)2)23-16-8-7-13(9-19-16)20-17(21)14(18)10-22-3;;/h4-9,14H,10,18H2,1-3H3,(H,20,21);2*1H. The minimum Gasteiger partial charge on any atom is -0.439 e. The monoisotopic (exact) mass is 387 g/mol. The lowest BCUT2D eigenvalue weighted by molar-refractivity contribution is -0.118. The van der Waals surface area contributed by atoms with Gasteiger partial charge in [-0.1, -0.05) is 12.1 Å². The lowest BCUT2D eigenvalue weighted by Crippen LogP contribution is -2.39. The van der Waals surface area contributed by atoms with Crippen molar-refractivity contribution in [3.63, 3.8) is 0 Å². The third-order valence-corrected chi connectivity index (χ3v) is 3.46. The van der Waals surface area contributed by atoms with Gasteiger partial charge in [-0.25, -0.2) is 4.98 Å². The van der Waals surface area contributed by atoms with E-state index in [1.165, 1.54) is 13.3 Å². The number of carbonyl (C=O) groups is 1. The highest BCUT2D eigenvalue weighted by atomic mass is 35.5. The van der Waals surface area contributed by atoms with Crippen LogP contribution in [0, 0.1) is 13.8 Å². The molecule has 0 spiro atoms. The number of ether oxygens (including phenoxy) is 2. The SMILES string of the molecule is COCC(N)C(=O)Nc1ccc(Oc2cccc(C)c2C)nc1.Cl.Cl. The highest BCUT2D eigenvalue weighted by Gasteiger charge is 2.13. The predicted molar refractivity (Wildman–Crippen MR) is 103 cm³/mol. The maximum Gasteiger partial charge on any atom is 0.243 e. The number of methoxy groups -OCH3 is 1. The van der Waals surface area contributed by atoms with E-state index in [0.29, 0.717) is 11.6 Å². The zero-order valence-electron chi connectivity index (χ0n) is 14.3. The summed E-state index contributed by atoms with van der Waals surface area (Å²) in [5.74, 6) is 0.895. The fourth-order valence-corrected chi connectivity index (χ4v) is 1.95. The minimum atomic E-state index is -0.717. The van der Waals surface area contributed by atoms with E-state index in [-0.39, 0.29) is 37.3 Å². The van der Waals surface area contributed by atoms with Gasteiger partial charge >= 0.3 is 0 Å². The van der Waals surface area contributed by atoms with Gasteiger partial charge in [-0.3, -0.25) is 4.79 Å². The number of pyridine rings is 1. The number of anilines is 1. The Bertz CT molecular complexity index is 681. The van der Waals surface area contributed by atoms with Crippen LogP contribution in [0.5, 0.6) is 11.6 Å². The summed E-state index contributed by atoms with van der Waals surface area (Å²) in [4.78, 5) is 16.0. The number of benzene rings is 1. The molecule has 8 heteroatoms. The Labute approximate surface area is 159 Å². The Morgan fingerprint density at radius 1 is 1.24 bits per heavy atom. The summed E-state index contributed by atoms with van der Waals surface area (Å²) in [6, 6.07) is 8.54. The van der Waals surface area contributed by atoms with Crippen LogP contribution in [0.15, 0.2) is 36.5 Å². The van der Waals surface area contributed by atoms with Crippen molar-refractivity contribution in [1.29, 1.82) is 0 Å². The molecule has 2 rings (SSSR count). The van der Waals surface area contributed by atoms with Gasteiger partial charge in [0.1, 0.15) is 11.8 Å². The molecule has 0 radical (unpaired) electrons. The number of hydrogen-bond acceptors (Lipinski definition) is 5. The van der Waals surface area contributed by atoms with Gasteiger partial charge in [0.25, 0.3) is 0 Å². The molecule has 0 aliphatic rings. The molecule has 0 saturated carbocycles. The molecule has 1 aromatic carbocycles. The Hall–Kier alpha value is -1.86. The maximum atomic E-state index is 11.8. The molecule has 1 aromatic heterocycles. The Morgan fingerprint density at radius 2 is 1.96 bits per heavy atom. The van der Waals surface area contributed by atoms with Crippen molar-refractivity contribution >= 4 is 36.4 Å². The molecule has 0 aliphatic carbocycles. The van der Waals surface area contributed by atoms with E-state index >= 15 is 0 Å². The average Bonchev–Trinajstić information content (AvgIpc) is 2.54. The number of aromatic nitrogens is 1. The first kappa shape index (κ1) is 23.1. The zero-order chi connectivity index (χ0) is 16.8. The first-order chi connectivity index (χ1) is 11.0. The van der Waals surface area contributed by atoms with E-state index in [0.717, 1.165) is 16.9 Å². The normalized spacial score (nSPS) is 10.9. The molecule has 2 aromatic rings. The van der Waals surface area contributed by atoms with Crippen LogP contribution in [0.1, 0.15) is 11.1 Å². The van der Waals surface area contributed by atoms with Gasteiger partial charge in [-0.15, -0.1) is 24.8 Å². The third-order valence-electron chi connectivity index (χ3n) is 3.46. The topological polar surface area (TPSA) is 86.5 Å². The quantitative estimate of drug-likeness (QED) is 0.794. The number of aryl methyl sites for hydroxylation is 1. The molecule has 1 amide bonds. The number of rotatable bonds is 6. The summed E-state index contributed by atoms with van der Waals surface area (Å²) in [5, 5.41) is 2.68. The van der Waals surface area contributed by atoms with Gasteiger partial charge in [-0.05, 0) is 37.1 Å². The number of carbonyl (C=O) groups excluding carboxylic acids is 1. The number of hydrogen-bond donors (Lipinski definition) is 2. The van der Waals surface area contributed by atoms with Gasteiger partial charge in [0, 0.05) is 13.2 Å². The van der Waals surface area contributed by atoms with Crippen molar-refractivity contribution < 1.29 is 14.3 Å². The van der Waals surface area contributed by atoms with Crippen LogP contribution in [-0.4, -0.2) is 30.6 Å². The van der Waals surface area contributed by atoms with E-state index in [4.69, 9.17) is 15.2 Å². The fraction of sp³-hybridized carbons (Fsp3) is 0.294. The number of nitrogens with one attached hydrogen (secondary N) is 1. The van der Waals surface area contributed by atoms with Crippen molar-refractivity contribution in [3.8, 4) is 11.6 Å². The molecule has 0 saturated heterocycles. The molecule has 138 valence electrons. The first-order valence-corrected chi connectivity index (χ1v) is 7.26. The van der Waals surface area contributed by atoms with Gasteiger partial charge in [0.2, 0.25) is 11.8 Å². The highest BCUT2D eigenvalue weighted by Crippen LogP contribution is 2.26. The molecule has 1 unspecified atom stereocenters. The Morgan fingerprint density at radius 3 is 2.56 bits per heavy atom. The van der Waals surface area contributed by atoms with Crippen molar-refractivity contribution in [2.45, 2.75) is 19.9 Å². The van der Waals surface area contributed by atoms with Crippen LogP contribution in [-0.2, 0) is 9.53 Å². The van der Waals surface area contributed by atoms with Gasteiger partial charge < -0.3 is 20.5 Å². The summed E-state index contributed by atoms with van der Waals surface area (Å²) >= 11 is 0. The first-order valence-electron chi connectivity index (χ1n) is 7.26. The van der Waals surface area contributed by atoms with Crippen LogP contribution >= 0.6 is 24.8 Å². The van der Waals surface area contributed by atoms with E-state index in [2.05, 4.69) is 10.3 Å². The van der Waals surface area contributed by atoms with Gasteiger partial charge in [0.15, 0.2) is 0 Å². The molecule has 1 heterocycles. The molecule has 0 bridgehead atoms. The van der Waals surface area contributed by atoms with E-state index in [9.17, 15) is 4.79 Å². The van der Waals surface area contributed by atoms with Crippen LogP contribution < -0.4 is 15.8 Å². The van der Waals surface area contributed by atoms with Crippen LogP contribution in [0.2, 0.25) is 0 Å². The zero-order valence-corrected chi connectivity index (χ0v) is 15.9. The second-order valence-electron chi connectivity index (χ2n) is 5.24. The summed E-state index contributed by atoms with van der Waals surface area (Å²) in [7, 11) is 1.49. The van der Waals surface area contributed by atoms with Crippen molar-refractivity contribution in [1.82, 2.24) is 4.98 Å². The Kier molecular flexibility index (Phi) is 10.1. The van der Waals surface area contributed by atoms with E-state index in [1.54, 1.807) is 12.1 Å². The second kappa shape index (κ2) is 10.9. The average molecular weight is 388 g/mol. The molecule has 3 N–H and O–H groups in total. The van der Waals surface area contributed by atoms with Crippen LogP contribution in [0.25, 0.3) is 0 Å². The van der Waals surface area contributed by atoms with Gasteiger partial charge in [0.05, 0.1) is 18.5 Å². The Balaban J connectivity index is 0.00000288. The second-order valence-corrected chi connectivity index (χ2v) is 5.24. The smallest absolute Gasteiger partial charge is 0.243 e. The van der Waals surface area contributed by atoms with Crippen molar-refractivity contribution in [2.75, 3.05) is 19.0 Å². The lowest BCUT2D eigenvalue weighted by Gasteiger charge is -2.12. The van der Waals surface area contributed by atoms with Crippen molar-refractivity contribution in [3.05, 3.63) is 47.7 Å². The maximum absolute atomic E-state index is 11.8. The number of nitrogens with zero attached hydrogens (tertiary/aromatic N) is 1. The number of halogens is 2. The molecule has 1 atom stereocenters. The van der Waals surface area contributed by atoms with Crippen molar-refractivity contribution in [2.24, 2.45) is 5.73 Å². The van der Waals surface area contributed by atoms with Gasteiger partial charge in [-0.2, -0.15) is 0 Å². The summed E-state index contributed by atoms with van der Waals surface area (Å²) in [6.45, 7) is 4.18. The molecule has 6 nitrogen and oxygen atoms in total. The molecule has 0 aliphatic heterocycles. The fourth-order valence-electron chi connectivity index (χ4n) is 1.95. The summed E-state index contributed by atoms with van der Waals surface area (Å²) < 4.78 is 10.6. The van der Waals surface area contributed by atoms with E-state index in [1.807, 2.05) is 32.0 Å². The lowest BCUT2D eigenvalue weighted by atomic mass is 10.1. The minimum absolute atomic E-state index is 0. The number of amides is 1. The number of nitrogens with two attached hydrogens (primary N) is 1. The molecular formula is C17H23Cl2N3O3.